The van der Waals surface area contributed by atoms with Crippen molar-refractivity contribution in [3.8, 4) is 0 Å². The topological polar surface area (TPSA) is 35.6 Å². The highest BCUT2D eigenvalue weighted by Gasteiger charge is 2.16. The molecule has 2 aromatic rings. The zero-order chi connectivity index (χ0) is 19.2. The Bertz CT molecular complexity index is 768. The Morgan fingerprint density at radius 1 is 1.04 bits per heavy atom. The maximum Gasteiger partial charge on any atom is 0.234 e. The molecule has 0 radical (unpaired) electrons. The Labute approximate surface area is 166 Å². The summed E-state index contributed by atoms with van der Waals surface area (Å²) in [5.41, 5.74) is 4.49. The van der Waals surface area contributed by atoms with E-state index >= 15 is 0 Å². The van der Waals surface area contributed by atoms with E-state index in [1.54, 1.807) is 11.8 Å². The van der Waals surface area contributed by atoms with Crippen molar-refractivity contribution in [3.63, 3.8) is 0 Å². The summed E-state index contributed by atoms with van der Waals surface area (Å²) in [6.45, 7) is 11.8. The minimum Gasteiger partial charge on any atom is -0.369 e. The van der Waals surface area contributed by atoms with E-state index in [2.05, 4.69) is 72.3 Å². The molecule has 27 heavy (non-hydrogen) atoms. The number of piperazine rings is 1. The monoisotopic (exact) mass is 383 g/mol. The maximum absolute atomic E-state index is 12.3. The van der Waals surface area contributed by atoms with Gasteiger partial charge in [-0.05, 0) is 56.3 Å². The van der Waals surface area contributed by atoms with Crippen LogP contribution < -0.4 is 10.2 Å². The van der Waals surface area contributed by atoms with Gasteiger partial charge < -0.3 is 15.1 Å². The zero-order valence-electron chi connectivity index (χ0n) is 16.5. The molecule has 4 nitrogen and oxygen atoms in total. The maximum atomic E-state index is 12.3. The molecule has 1 aliphatic heterocycles. The van der Waals surface area contributed by atoms with Crippen LogP contribution in [0.1, 0.15) is 18.1 Å². The molecule has 3 rings (SSSR count). The van der Waals surface area contributed by atoms with Gasteiger partial charge in [-0.25, -0.2) is 0 Å². The molecule has 1 N–H and O–H groups in total. The van der Waals surface area contributed by atoms with Crippen LogP contribution in [0.15, 0.2) is 47.4 Å². The molecular formula is C22H29N3OS. The predicted molar refractivity (Wildman–Crippen MR) is 116 cm³/mol. The number of benzene rings is 2. The molecular weight excluding hydrogens is 354 g/mol. The van der Waals surface area contributed by atoms with E-state index in [0.717, 1.165) is 48.9 Å². The number of nitrogens with zero attached hydrogens (tertiary/aromatic N) is 2. The lowest BCUT2D eigenvalue weighted by molar-refractivity contribution is -0.113. The molecule has 0 unspecified atom stereocenters. The number of carbonyl (C=O) groups excluding carboxylic acids is 1. The van der Waals surface area contributed by atoms with E-state index in [0.29, 0.717) is 5.75 Å². The standard InChI is InChI=1S/C22H29N3OS/c1-4-24-11-13-25(14-12-24)19-7-10-21(18(3)15-19)23-22(26)16-27-20-8-5-17(2)6-9-20/h5-10,15H,4,11-14,16H2,1-3H3,(H,23,26). The van der Waals surface area contributed by atoms with Crippen LogP contribution in [0.2, 0.25) is 0 Å². The van der Waals surface area contributed by atoms with Crippen molar-refractivity contribution in [2.75, 3.05) is 48.7 Å². The van der Waals surface area contributed by atoms with Gasteiger partial charge >= 0.3 is 0 Å². The molecule has 144 valence electrons. The van der Waals surface area contributed by atoms with E-state index in [9.17, 15) is 4.79 Å². The molecule has 2 aromatic carbocycles. The lowest BCUT2D eigenvalue weighted by Crippen LogP contribution is -2.46. The van der Waals surface area contributed by atoms with Gasteiger partial charge in [-0.15, -0.1) is 11.8 Å². The Morgan fingerprint density at radius 2 is 1.74 bits per heavy atom. The molecule has 0 bridgehead atoms. The van der Waals surface area contributed by atoms with Gasteiger partial charge in [0.25, 0.3) is 0 Å². The molecule has 1 saturated heterocycles. The number of aryl methyl sites for hydroxylation is 2. The summed E-state index contributed by atoms with van der Waals surface area (Å²) in [5, 5.41) is 3.05. The first kappa shape index (κ1) is 19.8. The minimum atomic E-state index is 0.0352. The molecule has 0 spiro atoms. The van der Waals surface area contributed by atoms with Crippen molar-refractivity contribution in [3.05, 3.63) is 53.6 Å². The van der Waals surface area contributed by atoms with Gasteiger partial charge in [0.15, 0.2) is 0 Å². The van der Waals surface area contributed by atoms with E-state index in [1.807, 2.05) is 6.07 Å². The predicted octanol–water partition coefficient (Wildman–Crippen LogP) is 4.18. The smallest absolute Gasteiger partial charge is 0.234 e. The van der Waals surface area contributed by atoms with Gasteiger partial charge in [0.2, 0.25) is 5.91 Å². The van der Waals surface area contributed by atoms with E-state index in [4.69, 9.17) is 0 Å². The average molecular weight is 384 g/mol. The van der Waals surface area contributed by atoms with Crippen molar-refractivity contribution >= 4 is 29.0 Å². The fourth-order valence-electron chi connectivity index (χ4n) is 3.28. The number of likely N-dealkylation sites (N-methyl/N-ethyl adjacent to an activating group) is 1. The van der Waals surface area contributed by atoms with Crippen LogP contribution in [0.4, 0.5) is 11.4 Å². The van der Waals surface area contributed by atoms with Gasteiger partial charge in [-0.3, -0.25) is 4.79 Å². The van der Waals surface area contributed by atoms with Crippen molar-refractivity contribution in [1.82, 2.24) is 4.90 Å². The van der Waals surface area contributed by atoms with Gasteiger partial charge in [-0.1, -0.05) is 24.6 Å². The minimum absolute atomic E-state index is 0.0352. The second-order valence-electron chi connectivity index (χ2n) is 7.07. The van der Waals surface area contributed by atoms with Crippen molar-refractivity contribution in [1.29, 1.82) is 0 Å². The highest BCUT2D eigenvalue weighted by molar-refractivity contribution is 8.00. The normalized spacial score (nSPS) is 15.0. The van der Waals surface area contributed by atoms with Gasteiger partial charge in [0, 0.05) is 42.4 Å². The quantitative estimate of drug-likeness (QED) is 0.759. The van der Waals surface area contributed by atoms with Crippen LogP contribution in [-0.2, 0) is 4.79 Å². The third-order valence-electron chi connectivity index (χ3n) is 5.06. The molecule has 1 fully saturated rings. The largest absolute Gasteiger partial charge is 0.369 e. The Balaban J connectivity index is 1.54. The summed E-state index contributed by atoms with van der Waals surface area (Å²) in [6, 6.07) is 14.6. The molecule has 0 aliphatic carbocycles. The second kappa shape index (κ2) is 9.29. The molecule has 0 saturated carbocycles. The van der Waals surface area contributed by atoms with Crippen LogP contribution in [0.5, 0.6) is 0 Å². The summed E-state index contributed by atoms with van der Waals surface area (Å²) in [6.07, 6.45) is 0. The summed E-state index contributed by atoms with van der Waals surface area (Å²) >= 11 is 1.57. The third-order valence-corrected chi connectivity index (χ3v) is 6.07. The van der Waals surface area contributed by atoms with E-state index < -0.39 is 0 Å². The number of nitrogens with one attached hydrogen (secondary N) is 1. The summed E-state index contributed by atoms with van der Waals surface area (Å²) in [4.78, 5) is 18.3. The van der Waals surface area contributed by atoms with Crippen LogP contribution >= 0.6 is 11.8 Å². The fourth-order valence-corrected chi connectivity index (χ4v) is 3.98. The lowest BCUT2D eigenvalue weighted by atomic mass is 10.1. The average Bonchev–Trinajstić information content (AvgIpc) is 2.69. The number of hydrogen-bond donors (Lipinski definition) is 1. The number of carbonyl (C=O) groups is 1. The Morgan fingerprint density at radius 3 is 2.37 bits per heavy atom. The first-order chi connectivity index (χ1) is 13.0. The van der Waals surface area contributed by atoms with Gasteiger partial charge in [0.1, 0.15) is 0 Å². The highest BCUT2D eigenvalue weighted by Crippen LogP contribution is 2.24. The third kappa shape index (κ3) is 5.50. The highest BCUT2D eigenvalue weighted by atomic mass is 32.2. The van der Waals surface area contributed by atoms with Crippen LogP contribution in [0.25, 0.3) is 0 Å². The number of hydrogen-bond acceptors (Lipinski definition) is 4. The van der Waals surface area contributed by atoms with Crippen molar-refractivity contribution < 1.29 is 4.79 Å². The van der Waals surface area contributed by atoms with Crippen molar-refractivity contribution in [2.45, 2.75) is 25.7 Å². The first-order valence-corrected chi connectivity index (χ1v) is 10.6. The second-order valence-corrected chi connectivity index (χ2v) is 8.12. The Kier molecular flexibility index (Phi) is 6.80. The number of anilines is 2. The summed E-state index contributed by atoms with van der Waals surface area (Å²) < 4.78 is 0. The van der Waals surface area contributed by atoms with Crippen LogP contribution in [-0.4, -0.2) is 49.3 Å². The number of thioether (sulfide) groups is 1. The van der Waals surface area contributed by atoms with Crippen LogP contribution in [0.3, 0.4) is 0 Å². The van der Waals surface area contributed by atoms with Crippen molar-refractivity contribution in [2.24, 2.45) is 0 Å². The molecule has 1 amide bonds. The van der Waals surface area contributed by atoms with Gasteiger partial charge in [0.05, 0.1) is 5.75 Å². The van der Waals surface area contributed by atoms with E-state index in [1.165, 1.54) is 11.3 Å². The SMILES string of the molecule is CCN1CCN(c2ccc(NC(=O)CSc3ccc(C)cc3)c(C)c2)CC1. The lowest BCUT2D eigenvalue weighted by Gasteiger charge is -2.35. The molecule has 1 heterocycles. The van der Waals surface area contributed by atoms with Gasteiger partial charge in [-0.2, -0.15) is 0 Å². The number of rotatable bonds is 6. The van der Waals surface area contributed by atoms with Crippen LogP contribution in [0, 0.1) is 13.8 Å². The molecule has 1 aliphatic rings. The first-order valence-electron chi connectivity index (χ1n) is 9.62. The number of amides is 1. The fraction of sp³-hybridized carbons (Fsp3) is 0.409. The molecule has 0 aromatic heterocycles. The Hall–Kier alpha value is -1.98. The molecule has 5 heteroatoms. The van der Waals surface area contributed by atoms with E-state index in [-0.39, 0.29) is 5.91 Å². The zero-order valence-corrected chi connectivity index (χ0v) is 17.3. The summed E-state index contributed by atoms with van der Waals surface area (Å²) in [5.74, 6) is 0.455. The molecule has 0 atom stereocenters. The summed E-state index contributed by atoms with van der Waals surface area (Å²) in [7, 11) is 0.